The van der Waals surface area contributed by atoms with Crippen LogP contribution < -0.4 is 10.9 Å². The molecule has 0 aliphatic heterocycles. The van der Waals surface area contributed by atoms with Crippen LogP contribution in [0.3, 0.4) is 0 Å². The Morgan fingerprint density at radius 2 is 2.09 bits per heavy atom. The minimum Gasteiger partial charge on any atom is -0.353 e. The standard InChI is InChI=1S/C16H16N4OS/c1-10-9-12(10)14(11-5-3-2-4-6-11)18-15-19-20-13(21)7-8-17-16(20)22-15/h2-8,10,12,14H,9H2,1H3,(H,18,19). The SMILES string of the molecule is CC1CC1C(Nc1nn2c(=O)ccnc2s1)c1ccccc1. The van der Waals surface area contributed by atoms with Crippen molar-refractivity contribution in [3.05, 3.63) is 58.5 Å². The Hall–Kier alpha value is -2.21. The molecule has 0 radical (unpaired) electrons. The van der Waals surface area contributed by atoms with Crippen molar-refractivity contribution < 1.29 is 0 Å². The van der Waals surface area contributed by atoms with E-state index in [0.29, 0.717) is 16.8 Å². The Labute approximate surface area is 131 Å². The number of fused-ring (bicyclic) bond motifs is 1. The fourth-order valence-electron chi connectivity index (χ4n) is 2.85. The molecular formula is C16H16N4OS. The molecule has 1 N–H and O–H groups in total. The van der Waals surface area contributed by atoms with E-state index in [2.05, 4.69) is 46.6 Å². The van der Waals surface area contributed by atoms with E-state index >= 15 is 0 Å². The van der Waals surface area contributed by atoms with Crippen molar-refractivity contribution >= 4 is 21.4 Å². The molecule has 1 aliphatic carbocycles. The van der Waals surface area contributed by atoms with Crippen LogP contribution in [0.1, 0.15) is 24.9 Å². The first-order valence-electron chi connectivity index (χ1n) is 7.39. The molecular weight excluding hydrogens is 296 g/mol. The van der Waals surface area contributed by atoms with Crippen LogP contribution in [-0.4, -0.2) is 14.6 Å². The molecule has 3 aromatic rings. The lowest BCUT2D eigenvalue weighted by Crippen LogP contribution is -2.15. The van der Waals surface area contributed by atoms with E-state index in [-0.39, 0.29) is 11.6 Å². The average Bonchev–Trinajstić information content (AvgIpc) is 3.09. The van der Waals surface area contributed by atoms with Gasteiger partial charge in [-0.3, -0.25) is 4.79 Å². The first-order valence-corrected chi connectivity index (χ1v) is 8.20. The highest BCUT2D eigenvalue weighted by molar-refractivity contribution is 7.20. The molecule has 1 fully saturated rings. The summed E-state index contributed by atoms with van der Waals surface area (Å²) in [5.74, 6) is 1.33. The number of nitrogens with one attached hydrogen (secondary N) is 1. The quantitative estimate of drug-likeness (QED) is 0.804. The Balaban J connectivity index is 1.68. The van der Waals surface area contributed by atoms with Crippen LogP contribution in [0.15, 0.2) is 47.4 Å². The lowest BCUT2D eigenvalue weighted by molar-refractivity contribution is 0.629. The largest absolute Gasteiger partial charge is 0.353 e. The average molecular weight is 312 g/mol. The first kappa shape index (κ1) is 13.5. The molecule has 112 valence electrons. The molecule has 1 aromatic carbocycles. The number of anilines is 1. The Morgan fingerprint density at radius 1 is 1.32 bits per heavy atom. The second-order valence-corrected chi connectivity index (χ2v) is 6.75. The topological polar surface area (TPSA) is 59.3 Å². The molecule has 0 saturated heterocycles. The third-order valence-corrected chi connectivity index (χ3v) is 5.06. The van der Waals surface area contributed by atoms with Gasteiger partial charge < -0.3 is 5.32 Å². The minimum atomic E-state index is -0.148. The smallest absolute Gasteiger partial charge is 0.275 e. The monoisotopic (exact) mass is 312 g/mol. The lowest BCUT2D eigenvalue weighted by Gasteiger charge is -2.18. The highest BCUT2D eigenvalue weighted by atomic mass is 32.1. The molecule has 1 saturated carbocycles. The zero-order valence-corrected chi connectivity index (χ0v) is 13.0. The summed E-state index contributed by atoms with van der Waals surface area (Å²) < 4.78 is 1.35. The van der Waals surface area contributed by atoms with Gasteiger partial charge in [0.2, 0.25) is 10.1 Å². The Morgan fingerprint density at radius 3 is 2.77 bits per heavy atom. The van der Waals surface area contributed by atoms with Gasteiger partial charge in [0.25, 0.3) is 5.56 Å². The number of nitrogens with zero attached hydrogens (tertiary/aromatic N) is 3. The molecule has 0 amide bonds. The van der Waals surface area contributed by atoms with Gasteiger partial charge in [-0.25, -0.2) is 4.98 Å². The van der Waals surface area contributed by atoms with Gasteiger partial charge in [-0.15, -0.1) is 5.10 Å². The predicted molar refractivity (Wildman–Crippen MR) is 87.2 cm³/mol. The highest BCUT2D eigenvalue weighted by Crippen LogP contribution is 2.48. The highest BCUT2D eigenvalue weighted by Gasteiger charge is 2.40. The summed E-state index contributed by atoms with van der Waals surface area (Å²) in [6.45, 7) is 2.27. The molecule has 0 spiro atoms. The van der Waals surface area contributed by atoms with Crippen LogP contribution in [0, 0.1) is 11.8 Å². The van der Waals surface area contributed by atoms with E-state index in [1.807, 2.05) is 6.07 Å². The van der Waals surface area contributed by atoms with Gasteiger partial charge in [0, 0.05) is 12.3 Å². The second-order valence-electron chi connectivity index (χ2n) is 5.79. The summed E-state index contributed by atoms with van der Waals surface area (Å²) in [4.78, 5) is 16.6. The van der Waals surface area contributed by atoms with Crippen LogP contribution in [0.4, 0.5) is 5.13 Å². The van der Waals surface area contributed by atoms with Gasteiger partial charge in [0.15, 0.2) is 0 Å². The number of aromatic nitrogens is 3. The summed E-state index contributed by atoms with van der Waals surface area (Å²) >= 11 is 1.41. The maximum atomic E-state index is 11.8. The second kappa shape index (κ2) is 5.21. The lowest BCUT2D eigenvalue weighted by atomic mass is 10.0. The van der Waals surface area contributed by atoms with Gasteiger partial charge in [0.05, 0.1) is 6.04 Å². The van der Waals surface area contributed by atoms with Gasteiger partial charge >= 0.3 is 0 Å². The van der Waals surface area contributed by atoms with Crippen LogP contribution in [0.25, 0.3) is 4.96 Å². The summed E-state index contributed by atoms with van der Waals surface area (Å²) in [5.41, 5.74) is 1.11. The first-order chi connectivity index (χ1) is 10.7. The summed E-state index contributed by atoms with van der Waals surface area (Å²) in [6.07, 6.45) is 2.74. The van der Waals surface area contributed by atoms with Crippen molar-refractivity contribution in [2.45, 2.75) is 19.4 Å². The number of rotatable bonds is 4. The molecule has 22 heavy (non-hydrogen) atoms. The van der Waals surface area contributed by atoms with Crippen LogP contribution in [0.2, 0.25) is 0 Å². The van der Waals surface area contributed by atoms with E-state index in [1.54, 1.807) is 0 Å². The maximum Gasteiger partial charge on any atom is 0.275 e. The van der Waals surface area contributed by atoms with Gasteiger partial charge in [0.1, 0.15) is 0 Å². The fourth-order valence-corrected chi connectivity index (χ4v) is 3.66. The van der Waals surface area contributed by atoms with Crippen molar-refractivity contribution in [2.75, 3.05) is 5.32 Å². The summed E-state index contributed by atoms with van der Waals surface area (Å²) in [6, 6.07) is 12.1. The van der Waals surface area contributed by atoms with E-state index in [0.717, 1.165) is 5.13 Å². The molecule has 2 heterocycles. The van der Waals surface area contributed by atoms with Crippen molar-refractivity contribution in [1.82, 2.24) is 14.6 Å². The minimum absolute atomic E-state index is 0.148. The Bertz CT molecular complexity index is 857. The molecule has 3 atom stereocenters. The van der Waals surface area contributed by atoms with Crippen molar-refractivity contribution in [1.29, 1.82) is 0 Å². The van der Waals surface area contributed by atoms with E-state index in [9.17, 15) is 4.79 Å². The fraction of sp³-hybridized carbons (Fsp3) is 0.312. The molecule has 3 unspecified atom stereocenters. The maximum absolute atomic E-state index is 11.8. The molecule has 2 aromatic heterocycles. The van der Waals surface area contributed by atoms with Crippen molar-refractivity contribution in [3.63, 3.8) is 0 Å². The third-order valence-electron chi connectivity index (χ3n) is 4.21. The summed E-state index contributed by atoms with van der Waals surface area (Å²) in [5, 5.41) is 8.61. The molecule has 5 nitrogen and oxygen atoms in total. The number of hydrogen-bond acceptors (Lipinski definition) is 5. The number of hydrogen-bond donors (Lipinski definition) is 1. The summed E-state index contributed by atoms with van der Waals surface area (Å²) in [7, 11) is 0. The zero-order chi connectivity index (χ0) is 15.1. The third kappa shape index (κ3) is 2.39. The van der Waals surface area contributed by atoms with E-state index in [1.165, 1.54) is 40.1 Å². The molecule has 0 bridgehead atoms. The van der Waals surface area contributed by atoms with E-state index in [4.69, 9.17) is 0 Å². The molecule has 6 heteroatoms. The van der Waals surface area contributed by atoms with Crippen molar-refractivity contribution in [2.24, 2.45) is 11.8 Å². The molecule has 1 aliphatic rings. The van der Waals surface area contributed by atoms with Crippen molar-refractivity contribution in [3.8, 4) is 0 Å². The zero-order valence-electron chi connectivity index (χ0n) is 12.1. The van der Waals surface area contributed by atoms with Gasteiger partial charge in [-0.05, 0) is 23.8 Å². The van der Waals surface area contributed by atoms with E-state index < -0.39 is 0 Å². The van der Waals surface area contributed by atoms with Crippen LogP contribution in [-0.2, 0) is 0 Å². The van der Waals surface area contributed by atoms with Gasteiger partial charge in [-0.1, -0.05) is 48.6 Å². The number of benzene rings is 1. The Kier molecular flexibility index (Phi) is 3.18. The molecule has 4 rings (SSSR count). The normalized spacial score (nSPS) is 21.7. The predicted octanol–water partition coefficient (Wildman–Crippen LogP) is 2.96. The van der Waals surface area contributed by atoms with Crippen LogP contribution in [0.5, 0.6) is 0 Å². The van der Waals surface area contributed by atoms with Gasteiger partial charge in [-0.2, -0.15) is 4.52 Å². The van der Waals surface area contributed by atoms with Crippen LogP contribution >= 0.6 is 11.3 Å².